The Hall–Kier alpha value is -2.17. The molecule has 0 aliphatic carbocycles. The van der Waals surface area contributed by atoms with Crippen LogP contribution in [-0.2, 0) is 0 Å². The van der Waals surface area contributed by atoms with Crippen molar-refractivity contribution in [2.45, 2.75) is 26.7 Å². The smallest absolute Gasteiger partial charge is 0.258 e. The van der Waals surface area contributed by atoms with Crippen molar-refractivity contribution in [3.8, 4) is 0 Å². The number of hydrogen-bond donors (Lipinski definition) is 1. The van der Waals surface area contributed by atoms with Gasteiger partial charge in [-0.15, -0.1) is 0 Å². The van der Waals surface area contributed by atoms with Crippen LogP contribution in [0.1, 0.15) is 41.4 Å². The number of nitrogens with one attached hydrogen (secondary N) is 1. The number of aryl methyl sites for hydroxylation is 1. The van der Waals surface area contributed by atoms with E-state index in [1.54, 1.807) is 13.0 Å². The van der Waals surface area contributed by atoms with E-state index in [2.05, 4.69) is 10.5 Å². The molecule has 0 fully saturated rings. The van der Waals surface area contributed by atoms with E-state index in [4.69, 9.17) is 4.52 Å². The molecule has 0 aliphatic heterocycles. The van der Waals surface area contributed by atoms with Crippen LogP contribution in [-0.4, -0.2) is 11.1 Å². The molecule has 4 nitrogen and oxygen atoms in total. The second-order valence-electron chi connectivity index (χ2n) is 4.68. The normalized spacial score (nSPS) is 10.8. The minimum Gasteiger partial charge on any atom is -0.338 e. The second kappa shape index (κ2) is 5.22. The Bertz CT molecular complexity index is 605. The Morgan fingerprint density at radius 3 is 2.68 bits per heavy atom. The third-order valence-corrected chi connectivity index (χ3v) is 2.79. The van der Waals surface area contributed by atoms with Gasteiger partial charge in [-0.1, -0.05) is 19.0 Å². The van der Waals surface area contributed by atoms with Gasteiger partial charge in [-0.3, -0.25) is 10.1 Å². The van der Waals surface area contributed by atoms with Gasteiger partial charge in [-0.2, -0.15) is 0 Å². The van der Waals surface area contributed by atoms with Crippen LogP contribution in [0.2, 0.25) is 0 Å². The molecule has 100 valence electrons. The first-order valence-electron chi connectivity index (χ1n) is 6.01. The maximum atomic E-state index is 13.0. The number of aromatic nitrogens is 1. The first kappa shape index (κ1) is 13.3. The van der Waals surface area contributed by atoms with Crippen molar-refractivity contribution in [3.05, 3.63) is 46.9 Å². The maximum Gasteiger partial charge on any atom is 0.258 e. The SMILES string of the molecule is Cc1cc(F)ccc1C(=O)Nc1cc(C(C)C)no1. The fourth-order valence-corrected chi connectivity index (χ4v) is 1.68. The molecule has 0 aliphatic rings. The summed E-state index contributed by atoms with van der Waals surface area (Å²) in [5.41, 5.74) is 1.75. The van der Waals surface area contributed by atoms with Crippen molar-refractivity contribution < 1.29 is 13.7 Å². The molecule has 1 aromatic heterocycles. The van der Waals surface area contributed by atoms with Gasteiger partial charge < -0.3 is 4.52 Å². The van der Waals surface area contributed by atoms with Crippen molar-refractivity contribution in [2.24, 2.45) is 0 Å². The number of hydrogen-bond acceptors (Lipinski definition) is 3. The van der Waals surface area contributed by atoms with Gasteiger partial charge in [-0.05, 0) is 36.6 Å². The molecular weight excluding hydrogens is 247 g/mol. The molecule has 1 N–H and O–H groups in total. The van der Waals surface area contributed by atoms with E-state index in [9.17, 15) is 9.18 Å². The summed E-state index contributed by atoms with van der Waals surface area (Å²) in [5, 5.41) is 6.45. The molecule has 0 unspecified atom stereocenters. The number of amides is 1. The number of rotatable bonds is 3. The molecule has 1 amide bonds. The lowest BCUT2D eigenvalue weighted by atomic mass is 10.1. The summed E-state index contributed by atoms with van der Waals surface area (Å²) in [6.45, 7) is 5.64. The summed E-state index contributed by atoms with van der Waals surface area (Å²) in [6, 6.07) is 5.69. The quantitative estimate of drug-likeness (QED) is 0.921. The van der Waals surface area contributed by atoms with Crippen LogP contribution in [0.3, 0.4) is 0 Å². The predicted molar refractivity (Wildman–Crippen MR) is 69.7 cm³/mol. The van der Waals surface area contributed by atoms with Crippen LogP contribution in [0.4, 0.5) is 10.3 Å². The Kier molecular flexibility index (Phi) is 3.64. The Labute approximate surface area is 110 Å². The van der Waals surface area contributed by atoms with Gasteiger partial charge in [0.2, 0.25) is 5.88 Å². The van der Waals surface area contributed by atoms with Crippen molar-refractivity contribution in [1.29, 1.82) is 0 Å². The van der Waals surface area contributed by atoms with Gasteiger partial charge >= 0.3 is 0 Å². The summed E-state index contributed by atoms with van der Waals surface area (Å²) >= 11 is 0. The minimum absolute atomic E-state index is 0.224. The lowest BCUT2D eigenvalue weighted by Crippen LogP contribution is -2.13. The molecule has 0 atom stereocenters. The highest BCUT2D eigenvalue weighted by Gasteiger charge is 2.13. The minimum atomic E-state index is -0.365. The molecule has 1 heterocycles. The van der Waals surface area contributed by atoms with E-state index in [0.717, 1.165) is 5.69 Å². The summed E-state index contributed by atoms with van der Waals surface area (Å²) in [7, 11) is 0. The zero-order valence-corrected chi connectivity index (χ0v) is 11.0. The number of carbonyl (C=O) groups excluding carboxylic acids is 1. The summed E-state index contributed by atoms with van der Waals surface area (Å²) in [4.78, 5) is 12.0. The molecule has 1 aromatic carbocycles. The Morgan fingerprint density at radius 2 is 2.11 bits per heavy atom. The van der Waals surface area contributed by atoms with E-state index >= 15 is 0 Å². The molecule has 5 heteroatoms. The molecular formula is C14H15FN2O2. The lowest BCUT2D eigenvalue weighted by Gasteiger charge is -2.04. The van der Waals surface area contributed by atoms with E-state index < -0.39 is 0 Å². The molecule has 19 heavy (non-hydrogen) atoms. The standard InChI is InChI=1S/C14H15FN2O2/c1-8(2)12-7-13(19-17-12)16-14(18)11-5-4-10(15)6-9(11)3/h4-8H,1-3H3,(H,16,18). The Morgan fingerprint density at radius 1 is 1.37 bits per heavy atom. The predicted octanol–water partition coefficient (Wildman–Crippen LogP) is 3.50. The molecule has 2 aromatic rings. The van der Waals surface area contributed by atoms with Crippen molar-refractivity contribution in [1.82, 2.24) is 5.16 Å². The average Bonchev–Trinajstić information content (AvgIpc) is 2.77. The lowest BCUT2D eigenvalue weighted by molar-refractivity contribution is 0.102. The largest absolute Gasteiger partial charge is 0.338 e. The van der Waals surface area contributed by atoms with Crippen LogP contribution in [0, 0.1) is 12.7 Å². The first-order chi connectivity index (χ1) is 8.97. The molecule has 0 radical (unpaired) electrons. The highest BCUT2D eigenvalue weighted by molar-refractivity contribution is 6.04. The third kappa shape index (κ3) is 2.99. The van der Waals surface area contributed by atoms with Crippen molar-refractivity contribution in [2.75, 3.05) is 5.32 Å². The fraction of sp³-hybridized carbons (Fsp3) is 0.286. The molecule has 0 saturated heterocycles. The van der Waals surface area contributed by atoms with Crippen LogP contribution in [0.25, 0.3) is 0 Å². The van der Waals surface area contributed by atoms with Crippen LogP contribution in [0.5, 0.6) is 0 Å². The maximum absolute atomic E-state index is 13.0. The van der Waals surface area contributed by atoms with Gasteiger partial charge in [0.25, 0.3) is 5.91 Å². The van der Waals surface area contributed by atoms with Gasteiger partial charge in [0, 0.05) is 11.6 Å². The van der Waals surface area contributed by atoms with Crippen molar-refractivity contribution in [3.63, 3.8) is 0 Å². The van der Waals surface area contributed by atoms with Crippen molar-refractivity contribution >= 4 is 11.8 Å². The first-order valence-corrected chi connectivity index (χ1v) is 6.01. The van der Waals surface area contributed by atoms with Gasteiger partial charge in [0.1, 0.15) is 5.82 Å². The summed E-state index contributed by atoms with van der Waals surface area (Å²) < 4.78 is 18.0. The zero-order valence-electron chi connectivity index (χ0n) is 11.0. The summed E-state index contributed by atoms with van der Waals surface area (Å²) in [6.07, 6.45) is 0. The number of carbonyl (C=O) groups is 1. The van der Waals surface area contributed by atoms with Gasteiger partial charge in [-0.25, -0.2) is 4.39 Å². The monoisotopic (exact) mass is 262 g/mol. The summed E-state index contributed by atoms with van der Waals surface area (Å²) in [5.74, 6) is -0.195. The number of anilines is 1. The number of nitrogens with zero attached hydrogens (tertiary/aromatic N) is 1. The average molecular weight is 262 g/mol. The second-order valence-corrected chi connectivity index (χ2v) is 4.68. The van der Waals surface area contributed by atoms with Crippen LogP contribution in [0.15, 0.2) is 28.8 Å². The fourth-order valence-electron chi connectivity index (χ4n) is 1.68. The molecule has 0 bridgehead atoms. The number of halogens is 1. The molecule has 2 rings (SSSR count). The van der Waals surface area contributed by atoms with E-state index in [-0.39, 0.29) is 23.5 Å². The molecule has 0 saturated carbocycles. The van der Waals surface area contributed by atoms with Gasteiger partial charge in [0.15, 0.2) is 0 Å². The van der Waals surface area contributed by atoms with E-state index in [0.29, 0.717) is 11.1 Å². The highest BCUT2D eigenvalue weighted by Crippen LogP contribution is 2.19. The van der Waals surface area contributed by atoms with E-state index in [1.165, 1.54) is 18.2 Å². The molecule has 0 spiro atoms. The van der Waals surface area contributed by atoms with Gasteiger partial charge in [0.05, 0.1) is 5.69 Å². The van der Waals surface area contributed by atoms with Crippen LogP contribution >= 0.6 is 0 Å². The third-order valence-electron chi connectivity index (χ3n) is 2.79. The topological polar surface area (TPSA) is 55.1 Å². The van der Waals surface area contributed by atoms with Crippen LogP contribution < -0.4 is 5.32 Å². The number of benzene rings is 1. The van der Waals surface area contributed by atoms with E-state index in [1.807, 2.05) is 13.8 Å². The highest BCUT2D eigenvalue weighted by atomic mass is 19.1. The Balaban J connectivity index is 2.16. The zero-order chi connectivity index (χ0) is 14.0.